The maximum atomic E-state index is 13.6. The van der Waals surface area contributed by atoms with Crippen LogP contribution < -0.4 is 0 Å². The van der Waals surface area contributed by atoms with Crippen LogP contribution in [-0.4, -0.2) is 51.4 Å². The van der Waals surface area contributed by atoms with Gasteiger partial charge in [0.15, 0.2) is 0 Å². The number of hydrogen-bond acceptors (Lipinski definition) is 7. The molecular formula is C23H30O7. The minimum absolute atomic E-state index is 0.0869. The minimum atomic E-state index is -1.13. The molecule has 0 aromatic rings. The van der Waals surface area contributed by atoms with Gasteiger partial charge in [-0.15, -0.1) is 0 Å². The Kier molecular flexibility index (Phi) is 4.06. The van der Waals surface area contributed by atoms with Crippen LogP contribution in [0.4, 0.5) is 0 Å². The maximum absolute atomic E-state index is 13.6. The number of rotatable bonds is 3. The molecule has 0 aromatic carbocycles. The summed E-state index contributed by atoms with van der Waals surface area (Å²) in [6, 6.07) is 0. The lowest BCUT2D eigenvalue weighted by molar-refractivity contribution is -0.179. The summed E-state index contributed by atoms with van der Waals surface area (Å²) < 4.78 is 21.9. The van der Waals surface area contributed by atoms with Gasteiger partial charge in [-0.05, 0) is 56.3 Å². The average molecular weight is 418 g/mol. The molecule has 4 aliphatic carbocycles. The topological polar surface area (TPSA) is 91.4 Å². The Balaban J connectivity index is 1.79. The van der Waals surface area contributed by atoms with Crippen molar-refractivity contribution in [2.24, 2.45) is 39.9 Å². The largest absolute Gasteiger partial charge is 0.469 e. The molecule has 2 bridgehead atoms. The van der Waals surface area contributed by atoms with Crippen molar-refractivity contribution in [3.63, 3.8) is 0 Å². The number of hydrogen-bond donors (Lipinski definition) is 0. The Morgan fingerprint density at radius 2 is 1.73 bits per heavy atom. The molecule has 30 heavy (non-hydrogen) atoms. The van der Waals surface area contributed by atoms with Crippen molar-refractivity contribution in [3.05, 3.63) is 12.2 Å². The van der Waals surface area contributed by atoms with Gasteiger partial charge in [0.2, 0.25) is 0 Å². The average Bonchev–Trinajstić information content (AvgIpc) is 3.42. The van der Waals surface area contributed by atoms with Crippen LogP contribution in [0, 0.1) is 39.9 Å². The molecule has 1 saturated heterocycles. The van der Waals surface area contributed by atoms with Crippen LogP contribution in [0.3, 0.4) is 0 Å². The third kappa shape index (κ3) is 2.03. The third-order valence-corrected chi connectivity index (χ3v) is 9.39. The van der Waals surface area contributed by atoms with E-state index in [-0.39, 0.29) is 30.1 Å². The maximum Gasteiger partial charge on any atom is 0.314 e. The predicted molar refractivity (Wildman–Crippen MR) is 104 cm³/mol. The normalized spacial score (nSPS) is 50.1. The third-order valence-electron chi connectivity index (χ3n) is 9.39. The lowest BCUT2D eigenvalue weighted by Gasteiger charge is -2.48. The summed E-state index contributed by atoms with van der Waals surface area (Å²) in [5.41, 5.74) is -1.41. The van der Waals surface area contributed by atoms with E-state index in [2.05, 4.69) is 6.58 Å². The second-order valence-electron chi connectivity index (χ2n) is 10.2. The number of carbonyl (C=O) groups excluding carboxylic acids is 3. The Morgan fingerprint density at radius 3 is 2.37 bits per heavy atom. The second kappa shape index (κ2) is 6.09. The van der Waals surface area contributed by atoms with E-state index in [0.29, 0.717) is 18.8 Å². The summed E-state index contributed by atoms with van der Waals surface area (Å²) in [5, 5.41) is 0. The van der Waals surface area contributed by atoms with Crippen LogP contribution in [0.2, 0.25) is 0 Å². The fraction of sp³-hybridized carbons (Fsp3) is 0.783. The van der Waals surface area contributed by atoms with E-state index in [0.717, 1.165) is 24.8 Å². The molecule has 7 nitrogen and oxygen atoms in total. The molecule has 1 spiro atoms. The van der Waals surface area contributed by atoms with E-state index >= 15 is 0 Å². The zero-order chi connectivity index (χ0) is 21.6. The molecule has 5 rings (SSSR count). The van der Waals surface area contributed by atoms with Gasteiger partial charge in [-0.25, -0.2) is 0 Å². The number of esters is 3. The van der Waals surface area contributed by atoms with E-state index in [1.807, 2.05) is 0 Å². The highest BCUT2D eigenvalue weighted by atomic mass is 16.6. The smallest absolute Gasteiger partial charge is 0.314 e. The quantitative estimate of drug-likeness (QED) is 0.300. The fourth-order valence-electron chi connectivity index (χ4n) is 8.53. The van der Waals surface area contributed by atoms with Crippen molar-refractivity contribution >= 4 is 17.9 Å². The molecule has 1 heterocycles. The Bertz CT molecular complexity index is 850. The van der Waals surface area contributed by atoms with Crippen LogP contribution in [0.15, 0.2) is 12.2 Å². The van der Waals surface area contributed by atoms with Gasteiger partial charge in [0, 0.05) is 5.92 Å². The predicted octanol–water partition coefficient (Wildman–Crippen LogP) is 2.28. The van der Waals surface area contributed by atoms with Crippen molar-refractivity contribution in [2.45, 2.75) is 51.2 Å². The number of fused-ring (bicyclic) bond motifs is 4. The highest BCUT2D eigenvalue weighted by Crippen LogP contribution is 2.79. The van der Waals surface area contributed by atoms with Gasteiger partial charge in [0.1, 0.15) is 6.10 Å². The van der Waals surface area contributed by atoms with Gasteiger partial charge in [-0.3, -0.25) is 14.4 Å². The molecule has 0 aromatic heterocycles. The zero-order valence-corrected chi connectivity index (χ0v) is 18.1. The van der Waals surface area contributed by atoms with E-state index in [1.165, 1.54) is 21.3 Å². The van der Waals surface area contributed by atoms with Gasteiger partial charge in [0.05, 0.1) is 44.2 Å². The summed E-state index contributed by atoms with van der Waals surface area (Å²) in [7, 11) is 4.12. The van der Waals surface area contributed by atoms with Gasteiger partial charge in [-0.1, -0.05) is 12.2 Å². The van der Waals surface area contributed by atoms with Crippen molar-refractivity contribution in [1.29, 1.82) is 0 Å². The molecule has 7 heteroatoms. The molecule has 9 atom stereocenters. The SMILES string of the molecule is C=C1C[C@]23C[C@H]1CC[C@H]2[C@]1(C(=O)OC)C[C@H]2O[C@H]2[C@@](C)(C(=O)OC)[C@H]1[C@@H]3C(=O)OC. The van der Waals surface area contributed by atoms with Crippen LogP contribution in [0.1, 0.15) is 39.0 Å². The number of epoxide rings is 1. The first-order chi connectivity index (χ1) is 14.2. The molecule has 1 aliphatic heterocycles. The van der Waals surface area contributed by atoms with E-state index in [9.17, 15) is 14.4 Å². The molecule has 164 valence electrons. The molecule has 5 aliphatic rings. The number of carbonyl (C=O) groups is 3. The number of ether oxygens (including phenoxy) is 4. The van der Waals surface area contributed by atoms with Crippen molar-refractivity contribution in [2.75, 3.05) is 21.3 Å². The lowest BCUT2D eigenvalue weighted by atomic mass is 9.52. The second-order valence-corrected chi connectivity index (χ2v) is 10.2. The number of methoxy groups -OCH3 is 3. The summed E-state index contributed by atoms with van der Waals surface area (Å²) in [5.74, 6) is -2.10. The van der Waals surface area contributed by atoms with Gasteiger partial charge in [0.25, 0.3) is 0 Å². The Hall–Kier alpha value is -1.89. The highest BCUT2D eigenvalue weighted by Gasteiger charge is 2.84. The number of allylic oxidation sites excluding steroid dienone is 1. The van der Waals surface area contributed by atoms with Gasteiger partial charge < -0.3 is 18.9 Å². The Labute approximate surface area is 176 Å². The van der Waals surface area contributed by atoms with E-state index in [1.54, 1.807) is 6.92 Å². The molecule has 0 unspecified atom stereocenters. The molecule has 0 N–H and O–H groups in total. The monoisotopic (exact) mass is 418 g/mol. The Morgan fingerprint density at radius 1 is 1.03 bits per heavy atom. The standard InChI is InChI=1S/C23H30O7/c1-11-8-22-9-12(11)6-7-14(22)23(20(26)29-5)10-13-17(30-13)21(2,19(25)28-4)16(23)15(22)18(24)27-3/h12-17H,1,6-10H2,2-5H3/t12-,13-,14-,15-,16-,17-,21+,22+,23-/m1/s1. The van der Waals surface area contributed by atoms with Crippen molar-refractivity contribution in [3.8, 4) is 0 Å². The minimum Gasteiger partial charge on any atom is -0.469 e. The molecule has 0 amide bonds. The first kappa shape index (κ1) is 20.0. The fourth-order valence-corrected chi connectivity index (χ4v) is 8.53. The first-order valence-electron chi connectivity index (χ1n) is 10.8. The van der Waals surface area contributed by atoms with E-state index < -0.39 is 34.1 Å². The molecular weight excluding hydrogens is 388 g/mol. The van der Waals surface area contributed by atoms with Crippen LogP contribution in [0.25, 0.3) is 0 Å². The lowest BCUT2D eigenvalue weighted by Crippen LogP contribution is -2.58. The molecule has 5 fully saturated rings. The summed E-state index contributed by atoms with van der Waals surface area (Å²) in [4.78, 5) is 40.2. The summed E-state index contributed by atoms with van der Waals surface area (Å²) >= 11 is 0. The molecule has 4 saturated carbocycles. The highest BCUT2D eigenvalue weighted by molar-refractivity contribution is 5.88. The van der Waals surface area contributed by atoms with Gasteiger partial charge in [-0.2, -0.15) is 0 Å². The van der Waals surface area contributed by atoms with Gasteiger partial charge >= 0.3 is 17.9 Å². The zero-order valence-electron chi connectivity index (χ0n) is 18.1. The summed E-state index contributed by atoms with van der Waals surface area (Å²) in [6.45, 7) is 6.11. The van der Waals surface area contributed by atoms with Crippen molar-refractivity contribution < 1.29 is 33.3 Å². The van der Waals surface area contributed by atoms with Crippen LogP contribution in [0.5, 0.6) is 0 Å². The van der Waals surface area contributed by atoms with Crippen molar-refractivity contribution in [1.82, 2.24) is 0 Å². The first-order valence-corrected chi connectivity index (χ1v) is 10.8. The van der Waals surface area contributed by atoms with E-state index in [4.69, 9.17) is 18.9 Å². The summed E-state index contributed by atoms with van der Waals surface area (Å²) in [6.07, 6.45) is 3.13. The van der Waals surface area contributed by atoms with Crippen LogP contribution in [-0.2, 0) is 33.3 Å². The molecule has 0 radical (unpaired) electrons. The van der Waals surface area contributed by atoms with Crippen LogP contribution >= 0.6 is 0 Å².